The van der Waals surface area contributed by atoms with E-state index in [1.54, 1.807) is 0 Å². The molecule has 0 bridgehead atoms. The number of thiocarbonyl (C=S) groups is 1. The molecule has 4 nitrogen and oxygen atoms in total. The number of nitrogens with one attached hydrogen (secondary N) is 2. The molecule has 2 rings (SSSR count). The zero-order valence-electron chi connectivity index (χ0n) is 15.1. The van der Waals surface area contributed by atoms with Gasteiger partial charge in [-0.05, 0) is 50.0 Å². The summed E-state index contributed by atoms with van der Waals surface area (Å²) in [5, 5.41) is 6.91. The maximum atomic E-state index is 13.0. The summed E-state index contributed by atoms with van der Waals surface area (Å²) in [4.78, 5) is 14.8. The van der Waals surface area contributed by atoms with E-state index in [1.807, 2.05) is 25.7 Å². The van der Waals surface area contributed by atoms with Crippen LogP contribution in [-0.4, -0.2) is 29.0 Å². The van der Waals surface area contributed by atoms with E-state index in [1.165, 1.54) is 5.56 Å². The van der Waals surface area contributed by atoms with Crippen molar-refractivity contribution in [2.45, 2.75) is 46.6 Å². The molecule has 0 fully saturated rings. The summed E-state index contributed by atoms with van der Waals surface area (Å²) in [6.07, 6.45) is 0. The predicted molar refractivity (Wildman–Crippen MR) is 103 cm³/mol. The monoisotopic (exact) mass is 345 g/mol. The fourth-order valence-electron chi connectivity index (χ4n) is 2.98. The van der Waals surface area contributed by atoms with E-state index in [4.69, 9.17) is 12.2 Å². The fraction of sp³-hybridized carbons (Fsp3) is 0.474. The van der Waals surface area contributed by atoms with Crippen LogP contribution in [0.3, 0.4) is 0 Å². The average molecular weight is 346 g/mol. The minimum absolute atomic E-state index is 0.0536. The summed E-state index contributed by atoms with van der Waals surface area (Å²) in [6, 6.07) is 8.21. The maximum Gasteiger partial charge on any atom is 0.253 e. The van der Waals surface area contributed by atoms with Crippen molar-refractivity contribution in [1.82, 2.24) is 15.5 Å². The molecule has 5 heteroatoms. The SMILES string of the molecule is CCN(CC)C(=O)C1=C(C)NC(=S)N[C@@H]1c1ccc(C(C)C)cc1. The molecule has 0 aromatic heterocycles. The summed E-state index contributed by atoms with van der Waals surface area (Å²) in [5.74, 6) is 0.535. The van der Waals surface area contributed by atoms with Gasteiger partial charge >= 0.3 is 0 Å². The molecule has 1 aliphatic rings. The highest BCUT2D eigenvalue weighted by Gasteiger charge is 2.31. The minimum Gasteiger partial charge on any atom is -0.351 e. The van der Waals surface area contributed by atoms with Crippen LogP contribution < -0.4 is 10.6 Å². The Labute approximate surface area is 150 Å². The second-order valence-electron chi connectivity index (χ2n) is 6.37. The standard InChI is InChI=1S/C19H27N3OS/c1-6-22(7-2)18(23)16-13(5)20-19(24)21-17(16)15-10-8-14(9-11-15)12(3)4/h8-12,17H,6-7H2,1-5H3,(H2,20,21,24)/t17-/m1/s1. The van der Waals surface area contributed by atoms with Crippen molar-refractivity contribution in [1.29, 1.82) is 0 Å². The van der Waals surface area contributed by atoms with E-state index in [-0.39, 0.29) is 11.9 Å². The smallest absolute Gasteiger partial charge is 0.253 e. The Morgan fingerprint density at radius 2 is 1.79 bits per heavy atom. The molecule has 1 aromatic rings. The number of carbonyl (C=O) groups is 1. The largest absolute Gasteiger partial charge is 0.351 e. The second-order valence-corrected chi connectivity index (χ2v) is 6.78. The minimum atomic E-state index is -0.215. The number of likely N-dealkylation sites (N-methyl/N-ethyl adjacent to an activating group) is 1. The Kier molecular flexibility index (Phi) is 5.99. The van der Waals surface area contributed by atoms with Gasteiger partial charge in [0.05, 0.1) is 11.6 Å². The first-order valence-electron chi connectivity index (χ1n) is 8.56. The molecule has 1 aromatic carbocycles. The lowest BCUT2D eigenvalue weighted by molar-refractivity contribution is -0.127. The topological polar surface area (TPSA) is 44.4 Å². The van der Waals surface area contributed by atoms with Gasteiger partial charge in [-0.2, -0.15) is 0 Å². The van der Waals surface area contributed by atoms with Crippen LogP contribution in [0.2, 0.25) is 0 Å². The van der Waals surface area contributed by atoms with E-state index in [0.29, 0.717) is 24.1 Å². The Morgan fingerprint density at radius 1 is 1.21 bits per heavy atom. The van der Waals surface area contributed by atoms with Crippen molar-refractivity contribution >= 4 is 23.2 Å². The highest BCUT2D eigenvalue weighted by Crippen LogP contribution is 2.29. The molecule has 1 heterocycles. The van der Waals surface area contributed by atoms with Crippen LogP contribution in [-0.2, 0) is 4.79 Å². The highest BCUT2D eigenvalue weighted by atomic mass is 32.1. The molecule has 24 heavy (non-hydrogen) atoms. The first-order valence-corrected chi connectivity index (χ1v) is 8.97. The Morgan fingerprint density at radius 3 is 2.29 bits per heavy atom. The van der Waals surface area contributed by atoms with Gasteiger partial charge in [0.15, 0.2) is 5.11 Å². The van der Waals surface area contributed by atoms with Crippen LogP contribution in [0.4, 0.5) is 0 Å². The average Bonchev–Trinajstić information content (AvgIpc) is 2.55. The third-order valence-electron chi connectivity index (χ3n) is 4.49. The molecular formula is C19H27N3OS. The summed E-state index contributed by atoms with van der Waals surface area (Å²) in [7, 11) is 0. The normalized spacial score (nSPS) is 17.6. The van der Waals surface area contributed by atoms with Gasteiger partial charge < -0.3 is 15.5 Å². The number of hydrogen-bond acceptors (Lipinski definition) is 2. The Balaban J connectivity index is 2.42. The zero-order chi connectivity index (χ0) is 17.9. The van der Waals surface area contributed by atoms with E-state index in [2.05, 4.69) is 48.7 Å². The first kappa shape index (κ1) is 18.5. The van der Waals surface area contributed by atoms with Gasteiger partial charge in [-0.15, -0.1) is 0 Å². The van der Waals surface area contributed by atoms with E-state index in [9.17, 15) is 4.79 Å². The van der Waals surface area contributed by atoms with Crippen LogP contribution >= 0.6 is 12.2 Å². The van der Waals surface area contributed by atoms with Gasteiger partial charge in [0, 0.05) is 18.8 Å². The summed E-state index contributed by atoms with van der Waals surface area (Å²) >= 11 is 5.31. The van der Waals surface area contributed by atoms with Gasteiger partial charge in [-0.3, -0.25) is 4.79 Å². The molecule has 2 N–H and O–H groups in total. The molecule has 0 radical (unpaired) electrons. The summed E-state index contributed by atoms with van der Waals surface area (Å²) in [6.45, 7) is 11.6. The third kappa shape index (κ3) is 3.78. The van der Waals surface area contributed by atoms with Crippen molar-refractivity contribution in [3.63, 3.8) is 0 Å². The van der Waals surface area contributed by atoms with Gasteiger partial charge in [0.1, 0.15) is 0 Å². The van der Waals surface area contributed by atoms with Crippen molar-refractivity contribution in [2.24, 2.45) is 0 Å². The second kappa shape index (κ2) is 7.79. The van der Waals surface area contributed by atoms with Crippen molar-refractivity contribution in [3.05, 3.63) is 46.7 Å². The fourth-order valence-corrected chi connectivity index (χ4v) is 3.25. The predicted octanol–water partition coefficient (Wildman–Crippen LogP) is 3.47. The Hall–Kier alpha value is -1.88. The van der Waals surface area contributed by atoms with Crippen molar-refractivity contribution < 1.29 is 4.79 Å². The molecule has 1 amide bonds. The van der Waals surface area contributed by atoms with Crippen molar-refractivity contribution in [2.75, 3.05) is 13.1 Å². The lowest BCUT2D eigenvalue weighted by Crippen LogP contribution is -2.47. The number of hydrogen-bond donors (Lipinski definition) is 2. The molecule has 0 unspecified atom stereocenters. The molecule has 0 spiro atoms. The van der Waals surface area contributed by atoms with Gasteiger partial charge in [0.25, 0.3) is 5.91 Å². The van der Waals surface area contributed by atoms with Gasteiger partial charge in [-0.25, -0.2) is 0 Å². The van der Waals surface area contributed by atoms with Gasteiger partial charge in [0.2, 0.25) is 0 Å². The van der Waals surface area contributed by atoms with Gasteiger partial charge in [-0.1, -0.05) is 38.1 Å². The first-order chi connectivity index (χ1) is 11.4. The summed E-state index contributed by atoms with van der Waals surface area (Å²) in [5.41, 5.74) is 3.91. The van der Waals surface area contributed by atoms with E-state index in [0.717, 1.165) is 16.8 Å². The highest BCUT2D eigenvalue weighted by molar-refractivity contribution is 7.80. The molecule has 1 atom stereocenters. The number of allylic oxidation sites excluding steroid dienone is 1. The molecular weight excluding hydrogens is 318 g/mol. The number of rotatable bonds is 5. The van der Waals surface area contributed by atoms with Crippen LogP contribution in [0.15, 0.2) is 35.5 Å². The Bertz CT molecular complexity index is 645. The van der Waals surface area contributed by atoms with Crippen LogP contribution in [0.25, 0.3) is 0 Å². The lowest BCUT2D eigenvalue weighted by atomic mass is 9.92. The number of amides is 1. The molecule has 0 saturated heterocycles. The van der Waals surface area contributed by atoms with Crippen LogP contribution in [0, 0.1) is 0 Å². The molecule has 0 saturated carbocycles. The number of carbonyl (C=O) groups excluding carboxylic acids is 1. The van der Waals surface area contributed by atoms with Crippen molar-refractivity contribution in [3.8, 4) is 0 Å². The van der Waals surface area contributed by atoms with Crippen LogP contribution in [0.1, 0.15) is 57.7 Å². The quantitative estimate of drug-likeness (QED) is 0.802. The molecule has 130 valence electrons. The van der Waals surface area contributed by atoms with Crippen LogP contribution in [0.5, 0.6) is 0 Å². The van der Waals surface area contributed by atoms with E-state index < -0.39 is 0 Å². The third-order valence-corrected chi connectivity index (χ3v) is 4.71. The maximum absolute atomic E-state index is 13.0. The molecule has 0 aliphatic carbocycles. The van der Waals surface area contributed by atoms with E-state index >= 15 is 0 Å². The number of nitrogens with zero attached hydrogens (tertiary/aromatic N) is 1. The zero-order valence-corrected chi connectivity index (χ0v) is 16.0. The lowest BCUT2D eigenvalue weighted by Gasteiger charge is -2.33. The molecule has 1 aliphatic heterocycles. The summed E-state index contributed by atoms with van der Waals surface area (Å²) < 4.78 is 0. The number of benzene rings is 1.